The van der Waals surface area contributed by atoms with Gasteiger partial charge in [0.2, 0.25) is 0 Å². The van der Waals surface area contributed by atoms with Gasteiger partial charge in [-0.15, -0.1) is 0 Å². The minimum absolute atomic E-state index is 0.0191. The van der Waals surface area contributed by atoms with Crippen molar-refractivity contribution in [2.75, 3.05) is 12.3 Å². The predicted octanol–water partition coefficient (Wildman–Crippen LogP) is 5.28. The molecule has 2 heterocycles. The third-order valence-electron chi connectivity index (χ3n) is 6.05. The molecule has 0 atom stereocenters. The van der Waals surface area contributed by atoms with E-state index in [0.717, 1.165) is 37.7 Å². The van der Waals surface area contributed by atoms with Crippen LogP contribution in [0.5, 0.6) is 0 Å². The maximum absolute atomic E-state index is 12.8. The zero-order valence-electron chi connectivity index (χ0n) is 20.3. The first kappa shape index (κ1) is 25.5. The molecule has 2 aromatic rings. The molecule has 3 rings (SSSR count). The molecule has 0 amide bonds. The molecule has 0 radical (unpaired) electrons. The highest BCUT2D eigenvalue weighted by atomic mass is 16.1. The number of pyridine rings is 1. The Hall–Kier alpha value is -2.73. The van der Waals surface area contributed by atoms with E-state index in [9.17, 15) is 4.79 Å². The molecule has 2 aromatic heterocycles. The molecule has 0 unspecified atom stereocenters. The maximum Gasteiger partial charge on any atom is 0.290 e. The molecule has 1 aliphatic rings. The lowest BCUT2D eigenvalue weighted by Crippen LogP contribution is -2.39. The minimum atomic E-state index is -0.221. The van der Waals surface area contributed by atoms with E-state index >= 15 is 0 Å². The van der Waals surface area contributed by atoms with Crippen molar-refractivity contribution in [3.8, 4) is 11.3 Å². The minimum Gasteiger partial charge on any atom is -0.394 e. The Morgan fingerprint density at radius 3 is 2.50 bits per heavy atom. The van der Waals surface area contributed by atoms with Crippen molar-refractivity contribution in [2.45, 2.75) is 72.8 Å². The van der Waals surface area contributed by atoms with Gasteiger partial charge in [0, 0.05) is 29.9 Å². The normalized spacial score (nSPS) is 20.8. The fraction of sp³-hybridized carbons (Fsp3) is 0.500. The number of aromatic nitrogens is 3. The van der Waals surface area contributed by atoms with Crippen LogP contribution in [0.25, 0.3) is 11.3 Å². The third kappa shape index (κ3) is 5.74. The van der Waals surface area contributed by atoms with Crippen LogP contribution in [0.2, 0.25) is 0 Å². The Kier molecular flexibility index (Phi) is 9.39. The summed E-state index contributed by atoms with van der Waals surface area (Å²) in [5.74, 6) is 0. The maximum atomic E-state index is 12.8. The zero-order chi connectivity index (χ0) is 23.7. The molecule has 0 bridgehead atoms. The molecule has 6 nitrogen and oxygen atoms in total. The van der Waals surface area contributed by atoms with Gasteiger partial charge in [0.25, 0.3) is 5.56 Å². The fourth-order valence-corrected chi connectivity index (χ4v) is 4.40. The highest BCUT2D eigenvalue weighted by Crippen LogP contribution is 2.45. The highest BCUT2D eigenvalue weighted by molar-refractivity contribution is 5.60. The smallest absolute Gasteiger partial charge is 0.290 e. The first-order chi connectivity index (χ1) is 15.4. The van der Waals surface area contributed by atoms with E-state index in [4.69, 9.17) is 11.5 Å². The van der Waals surface area contributed by atoms with Gasteiger partial charge in [0.15, 0.2) is 0 Å². The van der Waals surface area contributed by atoms with Crippen molar-refractivity contribution < 1.29 is 0 Å². The van der Waals surface area contributed by atoms with E-state index in [2.05, 4.69) is 43.0 Å². The summed E-state index contributed by atoms with van der Waals surface area (Å²) in [6.07, 6.45) is 12.5. The van der Waals surface area contributed by atoms with Crippen LogP contribution in [0.15, 0.2) is 58.7 Å². The highest BCUT2D eigenvalue weighted by Gasteiger charge is 2.37. The quantitative estimate of drug-likeness (QED) is 0.599. The monoisotopic (exact) mass is 437 g/mol. The summed E-state index contributed by atoms with van der Waals surface area (Å²) in [6.45, 7) is 11.0. The Morgan fingerprint density at radius 1 is 1.28 bits per heavy atom. The topological polar surface area (TPSA) is 99.8 Å². The number of nitrogens with two attached hydrogens (primary N) is 2. The lowest BCUT2D eigenvalue weighted by atomic mass is 9.67. The number of rotatable bonds is 6. The van der Waals surface area contributed by atoms with Gasteiger partial charge in [-0.1, -0.05) is 38.5 Å². The summed E-state index contributed by atoms with van der Waals surface area (Å²) < 4.78 is 1.59. The summed E-state index contributed by atoms with van der Waals surface area (Å²) in [7, 11) is 0. The summed E-state index contributed by atoms with van der Waals surface area (Å²) in [4.78, 5) is 16.9. The largest absolute Gasteiger partial charge is 0.394 e. The fourth-order valence-electron chi connectivity index (χ4n) is 4.40. The molecule has 0 saturated heterocycles. The number of hydrogen-bond donors (Lipinski definition) is 2. The van der Waals surface area contributed by atoms with Gasteiger partial charge < -0.3 is 11.5 Å². The molecule has 0 aliphatic heterocycles. The average Bonchev–Trinajstić information content (AvgIpc) is 2.82. The Bertz CT molecular complexity index is 979. The van der Waals surface area contributed by atoms with Crippen LogP contribution in [0.4, 0.5) is 5.69 Å². The van der Waals surface area contributed by atoms with Crippen LogP contribution >= 0.6 is 0 Å². The van der Waals surface area contributed by atoms with Crippen molar-refractivity contribution in [2.24, 2.45) is 11.1 Å². The van der Waals surface area contributed by atoms with E-state index in [0.29, 0.717) is 12.2 Å². The van der Waals surface area contributed by atoms with Gasteiger partial charge >= 0.3 is 0 Å². The summed E-state index contributed by atoms with van der Waals surface area (Å²) in [6, 6.07) is 5.43. The van der Waals surface area contributed by atoms with Gasteiger partial charge in [-0.05, 0) is 69.7 Å². The summed E-state index contributed by atoms with van der Waals surface area (Å²) in [5.41, 5.74) is 16.4. The molecule has 0 aromatic carbocycles. The lowest BCUT2D eigenvalue weighted by Gasteiger charge is -2.41. The molecule has 32 heavy (non-hydrogen) atoms. The van der Waals surface area contributed by atoms with Crippen molar-refractivity contribution >= 4 is 5.69 Å². The van der Waals surface area contributed by atoms with Crippen LogP contribution < -0.4 is 17.0 Å². The van der Waals surface area contributed by atoms with E-state index < -0.39 is 0 Å². The Morgan fingerprint density at radius 2 is 1.97 bits per heavy atom. The second-order valence-electron chi connectivity index (χ2n) is 8.48. The lowest BCUT2D eigenvalue weighted by molar-refractivity contribution is 0.190. The van der Waals surface area contributed by atoms with Crippen molar-refractivity contribution in [1.29, 1.82) is 0 Å². The van der Waals surface area contributed by atoms with E-state index in [1.165, 1.54) is 11.1 Å². The Balaban J connectivity index is 0.00000176. The molecule has 6 heteroatoms. The van der Waals surface area contributed by atoms with Gasteiger partial charge in [-0.3, -0.25) is 9.78 Å². The molecular weight excluding hydrogens is 398 g/mol. The standard InChI is InChI=1S/C24H33N5O.C2H6/c1-4-6-19(13-17(2)3)24(16-25)10-8-20(9-11-24)29-23(30)21(26)14-22(28-29)18-7-5-12-27-15-18;1-2/h5-7,12-15,20H,4,8-11,16,25-26H2,1-3H3;1-2H3/b19-6+;. The number of nitrogen functional groups attached to an aromatic ring is 1. The van der Waals surface area contributed by atoms with Crippen LogP contribution in [-0.4, -0.2) is 21.3 Å². The number of hydrogen-bond acceptors (Lipinski definition) is 5. The number of anilines is 1. The van der Waals surface area contributed by atoms with E-state index in [-0.39, 0.29) is 22.7 Å². The summed E-state index contributed by atoms with van der Waals surface area (Å²) >= 11 is 0. The molecule has 1 aliphatic carbocycles. The molecule has 4 N–H and O–H groups in total. The van der Waals surface area contributed by atoms with Crippen LogP contribution in [0, 0.1) is 5.41 Å². The first-order valence-corrected chi connectivity index (χ1v) is 11.8. The zero-order valence-corrected chi connectivity index (χ0v) is 20.3. The molecule has 174 valence electrons. The number of allylic oxidation sites excluding steroid dienone is 3. The first-order valence-electron chi connectivity index (χ1n) is 11.8. The second kappa shape index (κ2) is 11.8. The van der Waals surface area contributed by atoms with Gasteiger partial charge in [-0.2, -0.15) is 5.10 Å². The van der Waals surface area contributed by atoms with E-state index in [1.54, 1.807) is 23.1 Å². The van der Waals surface area contributed by atoms with Crippen molar-refractivity contribution in [1.82, 2.24) is 14.8 Å². The molecule has 0 spiro atoms. The summed E-state index contributed by atoms with van der Waals surface area (Å²) in [5, 5.41) is 4.66. The molecule has 1 saturated carbocycles. The van der Waals surface area contributed by atoms with Crippen LogP contribution in [-0.2, 0) is 0 Å². The Labute approximate surface area is 192 Å². The van der Waals surface area contributed by atoms with Crippen molar-refractivity contribution in [3.05, 3.63) is 64.2 Å². The van der Waals surface area contributed by atoms with Crippen LogP contribution in [0.3, 0.4) is 0 Å². The van der Waals surface area contributed by atoms with Gasteiger partial charge in [-0.25, -0.2) is 4.68 Å². The molecular formula is C26H39N5O. The van der Waals surface area contributed by atoms with E-state index in [1.807, 2.05) is 26.0 Å². The average molecular weight is 438 g/mol. The van der Waals surface area contributed by atoms with Crippen molar-refractivity contribution in [3.63, 3.8) is 0 Å². The second-order valence-corrected chi connectivity index (χ2v) is 8.48. The van der Waals surface area contributed by atoms with Gasteiger partial charge in [0.05, 0.1) is 11.7 Å². The third-order valence-corrected chi connectivity index (χ3v) is 6.05. The number of nitrogens with zero attached hydrogens (tertiary/aromatic N) is 3. The molecule has 1 fully saturated rings. The van der Waals surface area contributed by atoms with Gasteiger partial charge in [0.1, 0.15) is 5.69 Å². The van der Waals surface area contributed by atoms with Crippen LogP contribution in [0.1, 0.15) is 72.8 Å². The SMILES string of the molecule is CC.CC/C=C(\C=C(C)C)C1(CN)CCC(n2nc(-c3cccnc3)cc(N)c2=O)CC1. The predicted molar refractivity (Wildman–Crippen MR) is 134 cm³/mol.